The van der Waals surface area contributed by atoms with Gasteiger partial charge in [-0.2, -0.15) is 0 Å². The number of oxime groups is 1. The fourth-order valence-corrected chi connectivity index (χ4v) is 1.90. The minimum absolute atomic E-state index is 0.472. The molecule has 5 nitrogen and oxygen atoms in total. The van der Waals surface area contributed by atoms with Gasteiger partial charge in [0.05, 0.1) is 10.5 Å². The number of anilines is 1. The summed E-state index contributed by atoms with van der Waals surface area (Å²) < 4.78 is 25.5. The second-order valence-corrected chi connectivity index (χ2v) is 7.42. The highest BCUT2D eigenvalue weighted by Gasteiger charge is 2.28. The van der Waals surface area contributed by atoms with Crippen molar-refractivity contribution in [2.75, 3.05) is 4.72 Å². The molecule has 0 aliphatic heterocycles. The fourth-order valence-electron chi connectivity index (χ4n) is 1.15. The molecule has 6 heteroatoms. The molecule has 0 saturated carbocycles. The van der Waals surface area contributed by atoms with Gasteiger partial charge in [0.2, 0.25) is 10.0 Å². The van der Waals surface area contributed by atoms with Crippen LogP contribution in [-0.2, 0) is 10.0 Å². The lowest BCUT2D eigenvalue weighted by Gasteiger charge is -2.20. The van der Waals surface area contributed by atoms with Crippen LogP contribution in [0.4, 0.5) is 5.69 Å². The van der Waals surface area contributed by atoms with Crippen LogP contribution >= 0.6 is 0 Å². The van der Waals surface area contributed by atoms with Gasteiger partial charge in [-0.3, -0.25) is 4.72 Å². The summed E-state index contributed by atoms with van der Waals surface area (Å²) in [6.07, 6.45) is 0. The Kier molecular flexibility index (Phi) is 4.01. The van der Waals surface area contributed by atoms with Crippen LogP contribution in [0.3, 0.4) is 0 Å². The van der Waals surface area contributed by atoms with E-state index >= 15 is 0 Å². The fraction of sp³-hybridized carbons (Fsp3) is 0.417. The van der Waals surface area contributed by atoms with Gasteiger partial charge < -0.3 is 5.21 Å². The molecule has 1 aromatic rings. The molecule has 0 heterocycles. The highest BCUT2D eigenvalue weighted by atomic mass is 32.2. The Morgan fingerprint density at radius 3 is 2.11 bits per heavy atom. The summed E-state index contributed by atoms with van der Waals surface area (Å²) in [4.78, 5) is 0. The number of nitrogens with one attached hydrogen (secondary N) is 1. The van der Waals surface area contributed by atoms with Gasteiger partial charge in [0.25, 0.3) is 0 Å². The van der Waals surface area contributed by atoms with Crippen molar-refractivity contribution >= 4 is 21.4 Å². The van der Waals surface area contributed by atoms with E-state index in [1.54, 1.807) is 52.0 Å². The summed E-state index contributed by atoms with van der Waals surface area (Å²) in [6, 6.07) is 6.64. The molecular weight excluding hydrogens is 252 g/mol. The van der Waals surface area contributed by atoms with Crippen LogP contribution in [0.5, 0.6) is 0 Å². The molecule has 0 unspecified atom stereocenters. The quantitative estimate of drug-likeness (QED) is 0.503. The van der Waals surface area contributed by atoms with E-state index in [1.807, 2.05) is 0 Å². The summed E-state index contributed by atoms with van der Waals surface area (Å²) in [5.74, 6) is 0. The van der Waals surface area contributed by atoms with E-state index in [1.165, 1.54) is 0 Å². The van der Waals surface area contributed by atoms with Crippen LogP contribution in [0.2, 0.25) is 0 Å². The van der Waals surface area contributed by atoms with E-state index in [4.69, 9.17) is 5.21 Å². The average Bonchev–Trinajstić information content (AvgIpc) is 2.27. The maximum absolute atomic E-state index is 11.9. The normalized spacial score (nSPS) is 13.4. The third-order valence-electron chi connectivity index (χ3n) is 2.51. The third-order valence-corrected chi connectivity index (χ3v) is 4.63. The van der Waals surface area contributed by atoms with Crippen LogP contribution < -0.4 is 4.72 Å². The van der Waals surface area contributed by atoms with E-state index < -0.39 is 14.8 Å². The number of benzene rings is 1. The molecule has 1 aromatic carbocycles. The van der Waals surface area contributed by atoms with Gasteiger partial charge >= 0.3 is 0 Å². The van der Waals surface area contributed by atoms with E-state index in [-0.39, 0.29) is 0 Å². The smallest absolute Gasteiger partial charge is 0.237 e. The van der Waals surface area contributed by atoms with Crippen molar-refractivity contribution in [1.82, 2.24) is 0 Å². The summed E-state index contributed by atoms with van der Waals surface area (Å²) in [5.41, 5.74) is 1.69. The van der Waals surface area contributed by atoms with Gasteiger partial charge in [0, 0.05) is 5.69 Å². The van der Waals surface area contributed by atoms with Crippen LogP contribution in [0.25, 0.3) is 0 Å². The minimum Gasteiger partial charge on any atom is -0.411 e. The van der Waals surface area contributed by atoms with Crippen molar-refractivity contribution in [1.29, 1.82) is 0 Å². The molecule has 0 fully saturated rings. The second-order valence-electron chi connectivity index (χ2n) is 4.98. The lowest BCUT2D eigenvalue weighted by atomic mass is 10.1. The minimum atomic E-state index is -3.42. The highest BCUT2D eigenvalue weighted by molar-refractivity contribution is 7.94. The van der Waals surface area contributed by atoms with Crippen LogP contribution in [0.1, 0.15) is 33.3 Å². The number of hydrogen-bond acceptors (Lipinski definition) is 4. The first-order chi connectivity index (χ1) is 8.17. The zero-order chi connectivity index (χ0) is 14.0. The van der Waals surface area contributed by atoms with Crippen LogP contribution in [0.15, 0.2) is 29.4 Å². The first kappa shape index (κ1) is 14.5. The largest absolute Gasteiger partial charge is 0.411 e. The van der Waals surface area contributed by atoms with Crippen molar-refractivity contribution in [3.63, 3.8) is 0 Å². The SMILES string of the molecule is C/C(=N/O)c1ccc(NS(=O)(=O)C(C)(C)C)cc1. The van der Waals surface area contributed by atoms with Gasteiger partial charge in [-0.05, 0) is 45.4 Å². The Balaban J connectivity index is 2.96. The van der Waals surface area contributed by atoms with Crippen LogP contribution in [0, 0.1) is 0 Å². The van der Waals surface area contributed by atoms with Crippen LogP contribution in [-0.4, -0.2) is 24.1 Å². The van der Waals surface area contributed by atoms with Gasteiger partial charge in [-0.25, -0.2) is 8.42 Å². The lowest BCUT2D eigenvalue weighted by molar-refractivity contribution is 0.319. The van der Waals surface area contributed by atoms with Gasteiger partial charge in [-0.15, -0.1) is 0 Å². The first-order valence-electron chi connectivity index (χ1n) is 5.49. The molecule has 0 saturated heterocycles. The molecule has 0 atom stereocenters. The van der Waals surface area contributed by atoms with E-state index in [0.29, 0.717) is 11.4 Å². The number of hydrogen-bond donors (Lipinski definition) is 2. The zero-order valence-electron chi connectivity index (χ0n) is 10.9. The van der Waals surface area contributed by atoms with Gasteiger partial charge in [-0.1, -0.05) is 17.3 Å². The molecule has 0 aliphatic rings. The lowest BCUT2D eigenvalue weighted by Crippen LogP contribution is -2.33. The van der Waals surface area contributed by atoms with Gasteiger partial charge in [0.1, 0.15) is 0 Å². The topological polar surface area (TPSA) is 78.8 Å². The second kappa shape index (κ2) is 4.97. The summed E-state index contributed by atoms with van der Waals surface area (Å²) in [6.45, 7) is 6.55. The molecule has 100 valence electrons. The molecule has 18 heavy (non-hydrogen) atoms. The molecule has 0 aliphatic carbocycles. The van der Waals surface area contributed by atoms with Crippen molar-refractivity contribution < 1.29 is 13.6 Å². The predicted molar refractivity (Wildman–Crippen MR) is 72.7 cm³/mol. The van der Waals surface area contributed by atoms with Crippen molar-refractivity contribution in [2.45, 2.75) is 32.4 Å². The first-order valence-corrected chi connectivity index (χ1v) is 6.97. The maximum Gasteiger partial charge on any atom is 0.237 e. The average molecular weight is 270 g/mol. The van der Waals surface area contributed by atoms with E-state index in [0.717, 1.165) is 5.56 Å². The standard InChI is InChI=1S/C12H18N2O3S/c1-9(13-15)10-5-7-11(8-6-10)14-18(16,17)12(2,3)4/h5-8,14-15H,1-4H3/b13-9-. The summed E-state index contributed by atoms with van der Waals surface area (Å²) in [7, 11) is -3.42. The summed E-state index contributed by atoms with van der Waals surface area (Å²) in [5, 5.41) is 11.7. The Bertz CT molecular complexity index is 540. The third kappa shape index (κ3) is 3.22. The number of sulfonamides is 1. The number of nitrogens with zero attached hydrogens (tertiary/aromatic N) is 1. The zero-order valence-corrected chi connectivity index (χ0v) is 11.7. The molecule has 0 radical (unpaired) electrons. The van der Waals surface area contributed by atoms with Crippen molar-refractivity contribution in [3.8, 4) is 0 Å². The molecule has 0 spiro atoms. The van der Waals surface area contributed by atoms with Crippen molar-refractivity contribution in [2.24, 2.45) is 5.16 Å². The Morgan fingerprint density at radius 2 is 1.72 bits per heavy atom. The molecular formula is C12H18N2O3S. The summed E-state index contributed by atoms with van der Waals surface area (Å²) >= 11 is 0. The van der Waals surface area contributed by atoms with Crippen molar-refractivity contribution in [3.05, 3.63) is 29.8 Å². The Morgan fingerprint density at radius 1 is 1.22 bits per heavy atom. The Hall–Kier alpha value is -1.56. The highest BCUT2D eigenvalue weighted by Crippen LogP contribution is 2.19. The Labute approximate surface area is 108 Å². The molecule has 0 bridgehead atoms. The predicted octanol–water partition coefficient (Wildman–Crippen LogP) is 2.43. The number of rotatable bonds is 3. The van der Waals surface area contributed by atoms with Gasteiger partial charge in [0.15, 0.2) is 0 Å². The molecule has 2 N–H and O–H groups in total. The molecule has 0 amide bonds. The molecule has 1 rings (SSSR count). The van der Waals surface area contributed by atoms with E-state index in [2.05, 4.69) is 9.88 Å². The monoisotopic (exact) mass is 270 g/mol. The molecule has 0 aromatic heterocycles. The van der Waals surface area contributed by atoms with E-state index in [9.17, 15) is 8.42 Å². The maximum atomic E-state index is 11.9.